The van der Waals surface area contributed by atoms with Gasteiger partial charge in [-0.2, -0.15) is 10.5 Å². The summed E-state index contributed by atoms with van der Waals surface area (Å²) < 4.78 is 5.63. The van der Waals surface area contributed by atoms with Gasteiger partial charge in [-0.1, -0.05) is 12.1 Å². The number of benzene rings is 1. The average molecular weight is 328 g/mol. The second kappa shape index (κ2) is 6.69. The van der Waals surface area contributed by atoms with Crippen molar-refractivity contribution >= 4 is 0 Å². The Morgan fingerprint density at radius 1 is 1.12 bits per heavy atom. The van der Waals surface area contributed by atoms with E-state index in [0.717, 1.165) is 5.56 Å². The molecule has 2 heterocycles. The molecule has 0 spiro atoms. The second-order valence-electron chi connectivity index (χ2n) is 5.28. The molecule has 25 heavy (non-hydrogen) atoms. The maximum atomic E-state index is 11.9. The lowest BCUT2D eigenvalue weighted by atomic mass is 10.0. The first kappa shape index (κ1) is 16.0. The Kier molecular flexibility index (Phi) is 4.28. The van der Waals surface area contributed by atoms with Crippen molar-refractivity contribution in [3.63, 3.8) is 0 Å². The van der Waals surface area contributed by atoms with Crippen molar-refractivity contribution in [2.24, 2.45) is 0 Å². The molecule has 1 N–H and O–H groups in total. The molecule has 0 bridgehead atoms. The third-order valence-corrected chi connectivity index (χ3v) is 3.55. The summed E-state index contributed by atoms with van der Waals surface area (Å²) in [7, 11) is 0. The molecule has 0 fully saturated rings. The van der Waals surface area contributed by atoms with Gasteiger partial charge in [-0.15, -0.1) is 0 Å². The normalized spacial score (nSPS) is 9.88. The Labute approximate surface area is 143 Å². The molecule has 120 valence electrons. The lowest BCUT2D eigenvalue weighted by molar-refractivity contribution is 0.461. The van der Waals surface area contributed by atoms with Crippen molar-refractivity contribution in [2.45, 2.75) is 6.92 Å². The fourth-order valence-electron chi connectivity index (χ4n) is 2.40. The summed E-state index contributed by atoms with van der Waals surface area (Å²) in [5.41, 5.74) is 1.95. The summed E-state index contributed by atoms with van der Waals surface area (Å²) in [6, 6.07) is 15.9. The topological polar surface area (TPSA) is 103 Å². The minimum atomic E-state index is -0.412. The molecule has 0 aliphatic rings. The van der Waals surface area contributed by atoms with Crippen LogP contribution in [0.4, 0.5) is 0 Å². The number of nitrogens with zero attached hydrogens (tertiary/aromatic N) is 3. The molecule has 0 saturated heterocycles. The van der Waals surface area contributed by atoms with E-state index in [-0.39, 0.29) is 11.4 Å². The van der Waals surface area contributed by atoms with Gasteiger partial charge in [-0.3, -0.25) is 4.79 Å². The fraction of sp³-hybridized carbons (Fsp3) is 0.0526. The Balaban J connectivity index is 1.96. The largest absolute Gasteiger partial charge is 0.438 e. The van der Waals surface area contributed by atoms with Crippen LogP contribution >= 0.6 is 0 Å². The number of pyridine rings is 2. The van der Waals surface area contributed by atoms with E-state index in [1.165, 1.54) is 0 Å². The summed E-state index contributed by atoms with van der Waals surface area (Å²) >= 11 is 0. The number of H-pyrrole nitrogens is 1. The lowest BCUT2D eigenvalue weighted by Gasteiger charge is -2.08. The molecule has 6 heteroatoms. The summed E-state index contributed by atoms with van der Waals surface area (Å²) in [5, 5.41) is 18.3. The Bertz CT molecular complexity index is 1070. The van der Waals surface area contributed by atoms with E-state index in [1.54, 1.807) is 55.6 Å². The first-order valence-electron chi connectivity index (χ1n) is 7.40. The van der Waals surface area contributed by atoms with Gasteiger partial charge in [0.05, 0.1) is 0 Å². The highest BCUT2D eigenvalue weighted by molar-refractivity contribution is 5.70. The van der Waals surface area contributed by atoms with Crippen LogP contribution in [-0.4, -0.2) is 9.97 Å². The maximum Gasteiger partial charge on any atom is 0.266 e. The van der Waals surface area contributed by atoms with Crippen molar-refractivity contribution in [3.8, 4) is 34.9 Å². The predicted octanol–water partition coefficient (Wildman–Crippen LogP) is 3.28. The SMILES string of the molecule is Cc1cc(-c2ccc(Oc3ncccc3C#N)cc2)c(C#N)c(=O)[nH]1. The summed E-state index contributed by atoms with van der Waals surface area (Å²) in [4.78, 5) is 18.6. The van der Waals surface area contributed by atoms with Gasteiger partial charge in [0.2, 0.25) is 5.88 Å². The van der Waals surface area contributed by atoms with Gasteiger partial charge < -0.3 is 9.72 Å². The van der Waals surface area contributed by atoms with Crippen LogP contribution in [0.2, 0.25) is 0 Å². The molecule has 1 aromatic carbocycles. The van der Waals surface area contributed by atoms with Crippen molar-refractivity contribution in [1.29, 1.82) is 10.5 Å². The quantitative estimate of drug-likeness (QED) is 0.794. The number of aromatic amines is 1. The smallest absolute Gasteiger partial charge is 0.266 e. The van der Waals surface area contributed by atoms with Gasteiger partial charge in [0, 0.05) is 17.5 Å². The highest BCUT2D eigenvalue weighted by Gasteiger charge is 2.11. The van der Waals surface area contributed by atoms with Crippen LogP contribution in [0, 0.1) is 29.6 Å². The van der Waals surface area contributed by atoms with Crippen LogP contribution < -0.4 is 10.3 Å². The van der Waals surface area contributed by atoms with Gasteiger partial charge in [0.15, 0.2) is 0 Å². The van der Waals surface area contributed by atoms with Gasteiger partial charge in [-0.05, 0) is 42.8 Å². The molecule has 3 rings (SSSR count). The van der Waals surface area contributed by atoms with Crippen LogP contribution in [0.3, 0.4) is 0 Å². The van der Waals surface area contributed by atoms with Crippen LogP contribution in [0.1, 0.15) is 16.8 Å². The molecule has 6 nitrogen and oxygen atoms in total. The fourth-order valence-corrected chi connectivity index (χ4v) is 2.40. The van der Waals surface area contributed by atoms with Crippen LogP contribution in [0.25, 0.3) is 11.1 Å². The van der Waals surface area contributed by atoms with Gasteiger partial charge >= 0.3 is 0 Å². The predicted molar refractivity (Wildman–Crippen MR) is 91.0 cm³/mol. The lowest BCUT2D eigenvalue weighted by Crippen LogP contribution is -2.12. The van der Waals surface area contributed by atoms with Gasteiger partial charge in [0.25, 0.3) is 5.56 Å². The minimum absolute atomic E-state index is 0.0655. The number of ether oxygens (including phenoxy) is 1. The van der Waals surface area contributed by atoms with E-state index in [2.05, 4.69) is 9.97 Å². The molecule has 0 radical (unpaired) electrons. The third-order valence-electron chi connectivity index (χ3n) is 3.55. The number of rotatable bonds is 3. The van der Waals surface area contributed by atoms with E-state index >= 15 is 0 Å². The molecule has 2 aromatic heterocycles. The monoisotopic (exact) mass is 328 g/mol. The Morgan fingerprint density at radius 3 is 2.56 bits per heavy atom. The summed E-state index contributed by atoms with van der Waals surface area (Å²) in [5.74, 6) is 0.724. The van der Waals surface area contributed by atoms with E-state index in [4.69, 9.17) is 10.00 Å². The van der Waals surface area contributed by atoms with Crippen molar-refractivity contribution in [3.05, 3.63) is 75.8 Å². The number of nitrogens with one attached hydrogen (secondary N) is 1. The van der Waals surface area contributed by atoms with E-state index in [1.807, 2.05) is 12.1 Å². The highest BCUT2D eigenvalue weighted by atomic mass is 16.5. The van der Waals surface area contributed by atoms with E-state index < -0.39 is 5.56 Å². The third kappa shape index (κ3) is 3.24. The van der Waals surface area contributed by atoms with Crippen LogP contribution in [-0.2, 0) is 0 Å². The molecule has 0 saturated carbocycles. The number of aromatic nitrogens is 2. The van der Waals surface area contributed by atoms with E-state index in [0.29, 0.717) is 22.6 Å². The zero-order chi connectivity index (χ0) is 17.8. The average Bonchev–Trinajstić information content (AvgIpc) is 2.62. The Morgan fingerprint density at radius 2 is 1.88 bits per heavy atom. The minimum Gasteiger partial charge on any atom is -0.438 e. The van der Waals surface area contributed by atoms with E-state index in [9.17, 15) is 10.1 Å². The molecule has 3 aromatic rings. The highest BCUT2D eigenvalue weighted by Crippen LogP contribution is 2.27. The number of aryl methyl sites for hydroxylation is 1. The Hall–Kier alpha value is -3.90. The molecule has 0 aliphatic carbocycles. The molecule has 0 unspecified atom stereocenters. The molecule has 0 amide bonds. The number of hydrogen-bond acceptors (Lipinski definition) is 5. The summed E-state index contributed by atoms with van der Waals surface area (Å²) in [6.07, 6.45) is 1.54. The van der Waals surface area contributed by atoms with Gasteiger partial charge in [0.1, 0.15) is 29.0 Å². The number of nitriles is 2. The standard InChI is InChI=1S/C19H12N4O2/c1-12-9-16(17(11-21)18(24)23-12)13-4-6-15(7-5-13)25-19-14(10-20)3-2-8-22-19/h2-9H,1H3,(H,23,24). The van der Waals surface area contributed by atoms with Crippen molar-refractivity contribution in [2.75, 3.05) is 0 Å². The summed E-state index contributed by atoms with van der Waals surface area (Å²) in [6.45, 7) is 1.76. The first-order chi connectivity index (χ1) is 12.1. The van der Waals surface area contributed by atoms with Crippen molar-refractivity contribution in [1.82, 2.24) is 9.97 Å². The zero-order valence-electron chi connectivity index (χ0n) is 13.3. The zero-order valence-corrected chi connectivity index (χ0v) is 13.3. The number of hydrogen-bond donors (Lipinski definition) is 1. The van der Waals surface area contributed by atoms with Crippen LogP contribution in [0.15, 0.2) is 53.5 Å². The van der Waals surface area contributed by atoms with Gasteiger partial charge in [-0.25, -0.2) is 4.98 Å². The second-order valence-corrected chi connectivity index (χ2v) is 5.28. The molecule has 0 atom stereocenters. The van der Waals surface area contributed by atoms with Crippen LogP contribution in [0.5, 0.6) is 11.6 Å². The van der Waals surface area contributed by atoms with Crippen molar-refractivity contribution < 1.29 is 4.74 Å². The molecular weight excluding hydrogens is 316 g/mol. The first-order valence-corrected chi connectivity index (χ1v) is 7.40. The maximum absolute atomic E-state index is 11.9. The molecule has 0 aliphatic heterocycles. The molecular formula is C19H12N4O2.